The summed E-state index contributed by atoms with van der Waals surface area (Å²) in [5, 5.41) is 8.14. The highest BCUT2D eigenvalue weighted by Crippen LogP contribution is 2.36. The van der Waals surface area contributed by atoms with Gasteiger partial charge in [0, 0.05) is 12.1 Å². The fourth-order valence-electron chi connectivity index (χ4n) is 4.05. The van der Waals surface area contributed by atoms with Crippen LogP contribution in [0.1, 0.15) is 35.2 Å². The zero-order valence-corrected chi connectivity index (χ0v) is 17.6. The van der Waals surface area contributed by atoms with Gasteiger partial charge in [0.25, 0.3) is 5.91 Å². The number of oxazole rings is 1. The van der Waals surface area contributed by atoms with Gasteiger partial charge >= 0.3 is 6.36 Å². The van der Waals surface area contributed by atoms with Crippen LogP contribution in [0, 0.1) is 0 Å². The van der Waals surface area contributed by atoms with Gasteiger partial charge in [-0.3, -0.25) is 4.79 Å². The topological polar surface area (TPSA) is 97.1 Å². The molecule has 1 atom stereocenters. The van der Waals surface area contributed by atoms with Crippen LogP contribution in [0.4, 0.5) is 13.2 Å². The van der Waals surface area contributed by atoms with Crippen LogP contribution in [-0.2, 0) is 0 Å². The zero-order chi connectivity index (χ0) is 23.7. The minimum Gasteiger partial charge on any atom is -0.443 e. The number of halogens is 3. The average Bonchev–Trinajstić information content (AvgIpc) is 3.59. The number of ether oxygens (including phenoxy) is 1. The van der Waals surface area contributed by atoms with Crippen molar-refractivity contribution in [3.05, 3.63) is 72.5 Å². The van der Waals surface area contributed by atoms with Crippen LogP contribution in [0.5, 0.6) is 5.75 Å². The summed E-state index contributed by atoms with van der Waals surface area (Å²) in [5.41, 5.74) is 1.02. The van der Waals surface area contributed by atoms with Crippen LogP contribution in [0.15, 0.2) is 65.4 Å². The van der Waals surface area contributed by atoms with Crippen LogP contribution in [0.25, 0.3) is 22.7 Å². The Kier molecular flexibility index (Phi) is 5.52. The highest BCUT2D eigenvalue weighted by molar-refractivity contribution is 5.98. The average molecular weight is 469 g/mol. The van der Waals surface area contributed by atoms with E-state index < -0.39 is 18.2 Å². The smallest absolute Gasteiger partial charge is 0.443 e. The van der Waals surface area contributed by atoms with Crippen molar-refractivity contribution in [3.63, 3.8) is 0 Å². The second-order valence-electron chi connectivity index (χ2n) is 7.66. The molecule has 34 heavy (non-hydrogen) atoms. The van der Waals surface area contributed by atoms with Crippen molar-refractivity contribution in [2.24, 2.45) is 0 Å². The van der Waals surface area contributed by atoms with Crippen molar-refractivity contribution in [3.8, 4) is 28.5 Å². The van der Waals surface area contributed by atoms with Crippen LogP contribution >= 0.6 is 0 Å². The molecule has 174 valence electrons. The number of benzene rings is 2. The maximum absolute atomic E-state index is 13.4. The Morgan fingerprint density at radius 1 is 1.09 bits per heavy atom. The predicted octanol–water partition coefficient (Wildman–Crippen LogP) is 5.00. The first-order valence-corrected chi connectivity index (χ1v) is 10.5. The number of likely N-dealkylation sites (tertiary alicyclic amines) is 1. The quantitative estimate of drug-likeness (QED) is 0.442. The van der Waals surface area contributed by atoms with Gasteiger partial charge in [0.1, 0.15) is 5.75 Å². The van der Waals surface area contributed by atoms with Crippen LogP contribution in [0.3, 0.4) is 0 Å². The molecule has 1 fully saturated rings. The molecule has 4 aromatic rings. The molecule has 1 aliphatic rings. The number of amides is 1. The third-order valence-electron chi connectivity index (χ3n) is 5.51. The van der Waals surface area contributed by atoms with E-state index in [0.29, 0.717) is 24.6 Å². The summed E-state index contributed by atoms with van der Waals surface area (Å²) in [6.07, 6.45) is -2.29. The Morgan fingerprint density at radius 2 is 1.85 bits per heavy atom. The number of aromatic nitrogens is 4. The molecule has 0 aliphatic carbocycles. The van der Waals surface area contributed by atoms with E-state index in [1.807, 2.05) is 30.3 Å². The van der Waals surface area contributed by atoms with E-state index in [4.69, 9.17) is 4.42 Å². The van der Waals surface area contributed by atoms with E-state index in [1.165, 1.54) is 24.6 Å². The Balaban J connectivity index is 1.42. The van der Waals surface area contributed by atoms with Crippen molar-refractivity contribution in [1.82, 2.24) is 25.1 Å². The van der Waals surface area contributed by atoms with E-state index in [0.717, 1.165) is 12.0 Å². The molecule has 1 N–H and O–H groups in total. The second-order valence-corrected chi connectivity index (χ2v) is 7.66. The summed E-state index contributed by atoms with van der Waals surface area (Å²) < 4.78 is 48.0. The molecule has 0 radical (unpaired) electrons. The van der Waals surface area contributed by atoms with Gasteiger partial charge in [-0.2, -0.15) is 0 Å². The Bertz CT molecular complexity index is 1300. The summed E-state index contributed by atoms with van der Waals surface area (Å²) >= 11 is 0. The first kappa shape index (κ1) is 21.7. The van der Waals surface area contributed by atoms with Gasteiger partial charge in [-0.05, 0) is 25.0 Å². The second kappa shape index (κ2) is 8.65. The van der Waals surface area contributed by atoms with E-state index >= 15 is 0 Å². The molecule has 11 heteroatoms. The first-order valence-electron chi connectivity index (χ1n) is 10.5. The van der Waals surface area contributed by atoms with Crippen LogP contribution < -0.4 is 4.74 Å². The lowest BCUT2D eigenvalue weighted by Gasteiger charge is -2.22. The fraction of sp³-hybridized carbons (Fsp3) is 0.217. The maximum atomic E-state index is 13.4. The Morgan fingerprint density at radius 3 is 2.65 bits per heavy atom. The standard InChI is InChI=1S/C23H18F3N5O3/c24-23(25,26)34-17-11-5-4-9-15(17)20-28-21(30-29-20)16-10-6-12-31(16)22(32)18-19(33-13-27-18)14-7-2-1-3-8-14/h1-5,7-9,11,13,16H,6,10,12H2,(H,28,29,30)/t16-/m0/s1. The fourth-order valence-corrected chi connectivity index (χ4v) is 4.05. The van der Waals surface area contributed by atoms with Crippen molar-refractivity contribution >= 4 is 5.91 Å². The molecule has 5 rings (SSSR count). The van der Waals surface area contributed by atoms with Gasteiger partial charge < -0.3 is 19.0 Å². The number of carbonyl (C=O) groups is 1. The number of para-hydroxylation sites is 1. The number of H-pyrrole nitrogens is 1. The van der Waals surface area contributed by atoms with Gasteiger partial charge in [0.05, 0.1) is 11.6 Å². The molecule has 2 aromatic heterocycles. The van der Waals surface area contributed by atoms with Gasteiger partial charge in [0.2, 0.25) is 0 Å². The molecule has 1 saturated heterocycles. The van der Waals surface area contributed by atoms with E-state index in [1.54, 1.807) is 11.0 Å². The first-order chi connectivity index (χ1) is 16.4. The molecule has 3 heterocycles. The third kappa shape index (κ3) is 4.24. The monoisotopic (exact) mass is 469 g/mol. The highest BCUT2D eigenvalue weighted by Gasteiger charge is 2.36. The highest BCUT2D eigenvalue weighted by atomic mass is 19.4. The SMILES string of the molecule is O=C(c1ncoc1-c1ccccc1)N1CCC[C@H]1c1nnc(-c2ccccc2OC(F)(F)F)[nH]1. The molecule has 1 amide bonds. The van der Waals surface area contributed by atoms with E-state index in [-0.39, 0.29) is 23.0 Å². The number of nitrogens with one attached hydrogen (secondary N) is 1. The summed E-state index contributed by atoms with van der Waals surface area (Å²) in [6, 6.07) is 14.4. The number of carbonyl (C=O) groups excluding carboxylic acids is 1. The lowest BCUT2D eigenvalue weighted by Crippen LogP contribution is -2.31. The molecule has 0 unspecified atom stereocenters. The number of hydrogen-bond acceptors (Lipinski definition) is 6. The van der Waals surface area contributed by atoms with E-state index in [2.05, 4.69) is 24.9 Å². The third-order valence-corrected chi connectivity index (χ3v) is 5.51. The number of nitrogens with zero attached hydrogens (tertiary/aromatic N) is 4. The van der Waals surface area contributed by atoms with E-state index in [9.17, 15) is 18.0 Å². The van der Waals surface area contributed by atoms with Crippen molar-refractivity contribution in [2.75, 3.05) is 6.54 Å². The molecule has 2 aromatic carbocycles. The minimum absolute atomic E-state index is 0.109. The number of aromatic amines is 1. The van der Waals surface area contributed by atoms with Crippen molar-refractivity contribution in [2.45, 2.75) is 25.2 Å². The lowest BCUT2D eigenvalue weighted by atomic mass is 10.1. The maximum Gasteiger partial charge on any atom is 0.573 e. The largest absolute Gasteiger partial charge is 0.573 e. The molecule has 1 aliphatic heterocycles. The van der Waals surface area contributed by atoms with Crippen LogP contribution in [-0.4, -0.2) is 43.9 Å². The molecule has 0 spiro atoms. The zero-order valence-electron chi connectivity index (χ0n) is 17.6. The van der Waals surface area contributed by atoms with Crippen molar-refractivity contribution in [1.29, 1.82) is 0 Å². The summed E-state index contributed by atoms with van der Waals surface area (Å²) in [6.45, 7) is 0.467. The number of alkyl halides is 3. The summed E-state index contributed by atoms with van der Waals surface area (Å²) in [7, 11) is 0. The van der Waals surface area contributed by atoms with Crippen LogP contribution in [0.2, 0.25) is 0 Å². The lowest BCUT2D eigenvalue weighted by molar-refractivity contribution is -0.274. The predicted molar refractivity (Wildman–Crippen MR) is 113 cm³/mol. The minimum atomic E-state index is -4.85. The molecule has 8 nitrogen and oxygen atoms in total. The summed E-state index contributed by atoms with van der Waals surface area (Å²) in [4.78, 5) is 22.1. The van der Waals surface area contributed by atoms with Gasteiger partial charge in [-0.15, -0.1) is 23.4 Å². The molecule has 0 saturated carbocycles. The molecular formula is C23H18F3N5O3. The number of hydrogen-bond donors (Lipinski definition) is 1. The Hall–Kier alpha value is -4.15. The van der Waals surface area contributed by atoms with Crippen molar-refractivity contribution < 1.29 is 27.1 Å². The summed E-state index contributed by atoms with van der Waals surface area (Å²) in [5.74, 6) is 0.127. The normalized spacial score (nSPS) is 16.1. The van der Waals surface area contributed by atoms with Gasteiger partial charge in [-0.1, -0.05) is 42.5 Å². The molecule has 0 bridgehead atoms. The number of rotatable bonds is 5. The van der Waals surface area contributed by atoms with Gasteiger partial charge in [-0.25, -0.2) is 4.98 Å². The molecular weight excluding hydrogens is 451 g/mol. The van der Waals surface area contributed by atoms with Gasteiger partial charge in [0.15, 0.2) is 29.5 Å². The Labute approximate surface area is 191 Å².